The highest BCUT2D eigenvalue weighted by molar-refractivity contribution is 7.84. The molecule has 2 N–H and O–H groups in total. The van der Waals surface area contributed by atoms with Gasteiger partial charge in [0.2, 0.25) is 0 Å². The zero-order chi connectivity index (χ0) is 14.1. The van der Waals surface area contributed by atoms with Crippen molar-refractivity contribution in [2.45, 2.75) is 41.5 Å². The van der Waals surface area contributed by atoms with Gasteiger partial charge in [-0.1, -0.05) is 59.7 Å². The number of anilines is 1. The summed E-state index contributed by atoms with van der Waals surface area (Å²) in [5, 5.41) is 0. The van der Waals surface area contributed by atoms with Crippen molar-refractivity contribution < 1.29 is 4.21 Å². The number of para-hydroxylation sites is 1. The minimum Gasteiger partial charge on any atom is -0.292 e. The lowest BCUT2D eigenvalue weighted by molar-refractivity contribution is 0.681. The van der Waals surface area contributed by atoms with Crippen molar-refractivity contribution >= 4 is 16.9 Å². The van der Waals surface area contributed by atoms with E-state index in [1.54, 1.807) is 7.05 Å². The zero-order valence-electron chi connectivity index (χ0n) is 12.2. The van der Waals surface area contributed by atoms with E-state index >= 15 is 0 Å². The molecular formula is C13H28N2OS. The first-order valence-electron chi connectivity index (χ1n) is 6.24. The third-order valence-electron chi connectivity index (χ3n) is 1.17. The topological polar surface area (TPSA) is 41.1 Å². The predicted octanol–water partition coefficient (Wildman–Crippen LogP) is 3.98. The van der Waals surface area contributed by atoms with Crippen LogP contribution >= 0.6 is 0 Å². The number of benzene rings is 1. The number of hydrogen-bond acceptors (Lipinski definition) is 1. The van der Waals surface area contributed by atoms with E-state index in [0.717, 1.165) is 5.69 Å². The lowest BCUT2D eigenvalue weighted by Gasteiger charge is -2.02. The molecule has 102 valence electrons. The molecule has 0 saturated carbocycles. The van der Waals surface area contributed by atoms with Gasteiger partial charge in [0.15, 0.2) is 11.2 Å². The Morgan fingerprint density at radius 1 is 0.882 bits per heavy atom. The minimum absolute atomic E-state index is 0.847. The average Bonchev–Trinajstić information content (AvgIpc) is 2.46. The van der Waals surface area contributed by atoms with Crippen molar-refractivity contribution in [1.29, 1.82) is 0 Å². The maximum Gasteiger partial charge on any atom is 0.193 e. The molecule has 0 heterocycles. The lowest BCUT2D eigenvalue weighted by Crippen LogP contribution is -2.18. The van der Waals surface area contributed by atoms with Gasteiger partial charge in [-0.2, -0.15) is 0 Å². The standard InChI is InChI=1S/C7H10N2OS.3C2H6/c1-8-11(10)9-7-5-3-2-4-6-7;3*1-2/h2-6,8-9H,1H3;3*1-2H3. The van der Waals surface area contributed by atoms with E-state index in [1.807, 2.05) is 71.9 Å². The molecule has 1 aromatic carbocycles. The number of nitrogens with one attached hydrogen (secondary N) is 2. The summed E-state index contributed by atoms with van der Waals surface area (Å²) in [5.41, 5.74) is 0.847. The molecule has 1 unspecified atom stereocenters. The molecule has 0 aliphatic heterocycles. The smallest absolute Gasteiger partial charge is 0.193 e. The van der Waals surface area contributed by atoms with Crippen LogP contribution < -0.4 is 9.44 Å². The summed E-state index contributed by atoms with van der Waals surface area (Å²) in [6.45, 7) is 12.0. The van der Waals surface area contributed by atoms with Gasteiger partial charge in [-0.25, -0.2) is 8.93 Å². The van der Waals surface area contributed by atoms with Crippen LogP contribution in [0.4, 0.5) is 5.69 Å². The summed E-state index contributed by atoms with van der Waals surface area (Å²) in [5.74, 6) is 0. The average molecular weight is 260 g/mol. The van der Waals surface area contributed by atoms with Gasteiger partial charge < -0.3 is 0 Å². The molecule has 0 aliphatic rings. The van der Waals surface area contributed by atoms with E-state index in [-0.39, 0.29) is 0 Å². The number of rotatable bonds is 3. The zero-order valence-corrected chi connectivity index (χ0v) is 13.0. The summed E-state index contributed by atoms with van der Waals surface area (Å²) in [6, 6.07) is 9.39. The summed E-state index contributed by atoms with van der Waals surface area (Å²) < 4.78 is 16.2. The first kappa shape index (κ1) is 21.4. The minimum atomic E-state index is -1.18. The molecule has 4 heteroatoms. The Balaban J connectivity index is -0.000000285. The van der Waals surface area contributed by atoms with E-state index in [2.05, 4.69) is 9.44 Å². The number of hydrogen-bond donors (Lipinski definition) is 2. The van der Waals surface area contributed by atoms with Gasteiger partial charge in [-0.15, -0.1) is 0 Å². The largest absolute Gasteiger partial charge is 0.292 e. The Kier molecular flexibility index (Phi) is 25.9. The van der Waals surface area contributed by atoms with Crippen molar-refractivity contribution in [3.8, 4) is 0 Å². The Labute approximate surface area is 110 Å². The highest BCUT2D eigenvalue weighted by Gasteiger charge is 1.92. The van der Waals surface area contributed by atoms with Crippen LogP contribution in [0.5, 0.6) is 0 Å². The predicted molar refractivity (Wildman–Crippen MR) is 81.3 cm³/mol. The van der Waals surface area contributed by atoms with Gasteiger partial charge in [0.1, 0.15) is 0 Å². The van der Waals surface area contributed by atoms with Gasteiger partial charge in [0.05, 0.1) is 0 Å². The fraction of sp³-hybridized carbons (Fsp3) is 0.538. The van der Waals surface area contributed by atoms with E-state index < -0.39 is 11.2 Å². The highest BCUT2D eigenvalue weighted by Crippen LogP contribution is 2.04. The van der Waals surface area contributed by atoms with E-state index in [0.29, 0.717) is 0 Å². The third-order valence-corrected chi connectivity index (χ3v) is 1.96. The fourth-order valence-electron chi connectivity index (χ4n) is 0.664. The second-order valence-corrected chi connectivity index (χ2v) is 3.09. The van der Waals surface area contributed by atoms with Crippen LogP contribution in [-0.2, 0) is 11.2 Å². The second-order valence-electron chi connectivity index (χ2n) is 1.94. The Morgan fingerprint density at radius 3 is 1.65 bits per heavy atom. The molecule has 1 atom stereocenters. The first-order valence-corrected chi connectivity index (χ1v) is 7.39. The third kappa shape index (κ3) is 15.1. The van der Waals surface area contributed by atoms with Gasteiger partial charge in [-0.3, -0.25) is 4.72 Å². The van der Waals surface area contributed by atoms with Crippen LogP contribution in [0.3, 0.4) is 0 Å². The van der Waals surface area contributed by atoms with Crippen molar-refractivity contribution in [3.63, 3.8) is 0 Å². The van der Waals surface area contributed by atoms with Gasteiger partial charge >= 0.3 is 0 Å². The molecule has 0 saturated heterocycles. The first-order chi connectivity index (χ1) is 8.33. The second kappa shape index (κ2) is 20.5. The molecule has 1 aromatic rings. The normalized spacial score (nSPS) is 9.12. The molecule has 0 spiro atoms. The molecule has 1 rings (SSSR count). The molecule has 3 nitrogen and oxygen atoms in total. The molecular weight excluding hydrogens is 232 g/mol. The Hall–Kier alpha value is -0.870. The summed E-state index contributed by atoms with van der Waals surface area (Å²) >= 11 is -1.18. The van der Waals surface area contributed by atoms with Crippen LogP contribution in [-0.4, -0.2) is 11.3 Å². The maximum atomic E-state index is 10.9. The Morgan fingerprint density at radius 2 is 1.29 bits per heavy atom. The van der Waals surface area contributed by atoms with Gasteiger partial charge in [-0.05, 0) is 19.2 Å². The van der Waals surface area contributed by atoms with Crippen LogP contribution in [0.15, 0.2) is 30.3 Å². The van der Waals surface area contributed by atoms with Crippen molar-refractivity contribution in [2.75, 3.05) is 11.8 Å². The van der Waals surface area contributed by atoms with Crippen molar-refractivity contribution in [3.05, 3.63) is 30.3 Å². The van der Waals surface area contributed by atoms with E-state index in [1.165, 1.54) is 0 Å². The molecule has 0 fully saturated rings. The molecule has 0 bridgehead atoms. The monoisotopic (exact) mass is 260 g/mol. The SMILES string of the molecule is CC.CC.CC.CNS(=O)Nc1ccccc1. The van der Waals surface area contributed by atoms with Crippen LogP contribution in [0.1, 0.15) is 41.5 Å². The Bertz CT molecular complexity index is 240. The van der Waals surface area contributed by atoms with E-state index in [9.17, 15) is 4.21 Å². The lowest BCUT2D eigenvalue weighted by atomic mass is 10.3. The molecule has 0 aliphatic carbocycles. The summed E-state index contributed by atoms with van der Waals surface area (Å²) in [6.07, 6.45) is 0. The molecule has 0 radical (unpaired) electrons. The van der Waals surface area contributed by atoms with Gasteiger partial charge in [0, 0.05) is 5.69 Å². The summed E-state index contributed by atoms with van der Waals surface area (Å²) in [4.78, 5) is 0. The quantitative estimate of drug-likeness (QED) is 0.848. The van der Waals surface area contributed by atoms with Gasteiger partial charge in [0.25, 0.3) is 0 Å². The van der Waals surface area contributed by atoms with Crippen molar-refractivity contribution in [2.24, 2.45) is 0 Å². The summed E-state index contributed by atoms with van der Waals surface area (Å²) in [7, 11) is 1.63. The maximum absolute atomic E-state index is 10.9. The van der Waals surface area contributed by atoms with Crippen LogP contribution in [0.2, 0.25) is 0 Å². The van der Waals surface area contributed by atoms with E-state index in [4.69, 9.17) is 0 Å². The van der Waals surface area contributed by atoms with Crippen LogP contribution in [0.25, 0.3) is 0 Å². The molecule has 17 heavy (non-hydrogen) atoms. The molecule has 0 aromatic heterocycles. The van der Waals surface area contributed by atoms with Crippen LogP contribution in [0, 0.1) is 0 Å². The molecule has 0 amide bonds. The highest BCUT2D eigenvalue weighted by atomic mass is 32.2. The fourth-order valence-corrected chi connectivity index (χ4v) is 1.12. The van der Waals surface area contributed by atoms with Crippen molar-refractivity contribution in [1.82, 2.24) is 4.72 Å².